The summed E-state index contributed by atoms with van der Waals surface area (Å²) in [6.07, 6.45) is 0. The fourth-order valence-corrected chi connectivity index (χ4v) is 3.05. The van der Waals surface area contributed by atoms with E-state index in [-0.39, 0.29) is 23.3 Å². The van der Waals surface area contributed by atoms with Crippen LogP contribution in [0.15, 0.2) is 60.0 Å². The standard InChI is InChI=1S/C19H14ClFN2O3S/c20-15-9-12(21)6-7-16(15)26-11-18(24)22-13-3-1-4-14(10-13)23-19(25)17-5-2-8-27-17/h1-10H,11H2,(H,22,24)(H,23,25). The van der Waals surface area contributed by atoms with Crippen molar-refractivity contribution in [1.82, 2.24) is 0 Å². The first kappa shape index (κ1) is 18.9. The first-order valence-corrected chi connectivity index (χ1v) is 9.09. The Bertz CT molecular complexity index is 963. The van der Waals surface area contributed by atoms with Gasteiger partial charge in [0.2, 0.25) is 0 Å². The molecule has 0 atom stereocenters. The molecule has 0 aliphatic carbocycles. The zero-order valence-electron chi connectivity index (χ0n) is 13.9. The topological polar surface area (TPSA) is 67.4 Å². The summed E-state index contributed by atoms with van der Waals surface area (Å²) in [6, 6.07) is 13.9. The number of hydrogen-bond acceptors (Lipinski definition) is 4. The van der Waals surface area contributed by atoms with E-state index in [0.717, 1.165) is 6.07 Å². The normalized spacial score (nSPS) is 10.3. The highest BCUT2D eigenvalue weighted by atomic mass is 35.5. The molecule has 0 unspecified atom stereocenters. The quantitative estimate of drug-likeness (QED) is 0.619. The largest absolute Gasteiger partial charge is 0.482 e. The van der Waals surface area contributed by atoms with E-state index in [1.165, 1.54) is 23.5 Å². The lowest BCUT2D eigenvalue weighted by Gasteiger charge is -2.10. The van der Waals surface area contributed by atoms with Gasteiger partial charge in [-0.1, -0.05) is 23.7 Å². The van der Waals surface area contributed by atoms with Crippen molar-refractivity contribution in [1.29, 1.82) is 0 Å². The van der Waals surface area contributed by atoms with Crippen LogP contribution in [0.5, 0.6) is 5.75 Å². The van der Waals surface area contributed by atoms with Crippen LogP contribution in [-0.2, 0) is 4.79 Å². The van der Waals surface area contributed by atoms with E-state index in [2.05, 4.69) is 10.6 Å². The summed E-state index contributed by atoms with van der Waals surface area (Å²) in [4.78, 5) is 24.7. The van der Waals surface area contributed by atoms with Gasteiger partial charge < -0.3 is 15.4 Å². The number of hydrogen-bond donors (Lipinski definition) is 2. The first-order chi connectivity index (χ1) is 13.0. The number of ether oxygens (including phenoxy) is 1. The molecule has 2 amide bonds. The molecule has 1 heterocycles. The molecule has 2 N–H and O–H groups in total. The number of carbonyl (C=O) groups excluding carboxylic acids is 2. The molecule has 0 saturated heterocycles. The summed E-state index contributed by atoms with van der Waals surface area (Å²) in [7, 11) is 0. The van der Waals surface area contributed by atoms with E-state index < -0.39 is 11.7 Å². The van der Waals surface area contributed by atoms with Crippen LogP contribution in [-0.4, -0.2) is 18.4 Å². The second-order valence-electron chi connectivity index (χ2n) is 5.42. The van der Waals surface area contributed by atoms with Crippen LogP contribution in [0.2, 0.25) is 5.02 Å². The molecule has 0 fully saturated rings. The van der Waals surface area contributed by atoms with Crippen LogP contribution >= 0.6 is 22.9 Å². The van der Waals surface area contributed by atoms with Crippen LogP contribution in [0.1, 0.15) is 9.67 Å². The number of nitrogens with one attached hydrogen (secondary N) is 2. The predicted octanol–water partition coefficient (Wildman–Crippen LogP) is 4.81. The fraction of sp³-hybridized carbons (Fsp3) is 0.0526. The molecule has 0 saturated carbocycles. The lowest BCUT2D eigenvalue weighted by atomic mass is 10.2. The number of carbonyl (C=O) groups is 2. The molecule has 0 spiro atoms. The third-order valence-corrected chi connectivity index (χ3v) is 4.57. The van der Waals surface area contributed by atoms with Gasteiger partial charge in [0.15, 0.2) is 6.61 Å². The lowest BCUT2D eigenvalue weighted by Crippen LogP contribution is -2.20. The Hall–Kier alpha value is -2.90. The van der Waals surface area contributed by atoms with Crippen LogP contribution in [0.4, 0.5) is 15.8 Å². The SMILES string of the molecule is O=C(COc1ccc(F)cc1Cl)Nc1cccc(NC(=O)c2cccs2)c1. The number of anilines is 2. The van der Waals surface area contributed by atoms with Gasteiger partial charge in [-0.15, -0.1) is 11.3 Å². The second kappa shape index (κ2) is 8.66. The number of amides is 2. The number of halogens is 2. The highest BCUT2D eigenvalue weighted by Gasteiger charge is 2.10. The van der Waals surface area contributed by atoms with Crippen LogP contribution in [0, 0.1) is 5.82 Å². The summed E-state index contributed by atoms with van der Waals surface area (Å²) in [5.41, 5.74) is 1.05. The van der Waals surface area contributed by atoms with Gasteiger partial charge in [0.1, 0.15) is 11.6 Å². The molecule has 0 aliphatic rings. The predicted molar refractivity (Wildman–Crippen MR) is 104 cm³/mol. The minimum atomic E-state index is -0.488. The molecule has 2 aromatic carbocycles. The van der Waals surface area contributed by atoms with Crippen molar-refractivity contribution in [3.05, 3.63) is 75.7 Å². The Balaban J connectivity index is 1.57. The van der Waals surface area contributed by atoms with Crippen LogP contribution in [0.25, 0.3) is 0 Å². The van der Waals surface area contributed by atoms with Crippen molar-refractivity contribution < 1.29 is 18.7 Å². The van der Waals surface area contributed by atoms with E-state index in [1.54, 1.807) is 36.4 Å². The van der Waals surface area contributed by atoms with Crippen molar-refractivity contribution in [3.63, 3.8) is 0 Å². The van der Waals surface area contributed by atoms with Gasteiger partial charge in [-0.05, 0) is 47.8 Å². The highest BCUT2D eigenvalue weighted by molar-refractivity contribution is 7.12. The van der Waals surface area contributed by atoms with Gasteiger partial charge in [-0.25, -0.2) is 4.39 Å². The molecule has 8 heteroatoms. The highest BCUT2D eigenvalue weighted by Crippen LogP contribution is 2.25. The summed E-state index contributed by atoms with van der Waals surface area (Å²) in [5, 5.41) is 7.33. The Kier molecular flexibility index (Phi) is 6.05. The van der Waals surface area contributed by atoms with Crippen molar-refractivity contribution >= 4 is 46.1 Å². The summed E-state index contributed by atoms with van der Waals surface area (Å²) in [5.74, 6) is -0.914. The Labute approximate surface area is 163 Å². The minimum Gasteiger partial charge on any atom is -0.482 e. The molecule has 3 rings (SSSR count). The van der Waals surface area contributed by atoms with E-state index in [1.807, 2.05) is 5.38 Å². The zero-order valence-corrected chi connectivity index (χ0v) is 15.4. The van der Waals surface area contributed by atoms with Crippen molar-refractivity contribution in [2.24, 2.45) is 0 Å². The second-order valence-corrected chi connectivity index (χ2v) is 6.78. The summed E-state index contributed by atoms with van der Waals surface area (Å²) in [6.45, 7) is -0.295. The van der Waals surface area contributed by atoms with Crippen molar-refractivity contribution in [3.8, 4) is 5.75 Å². The molecular weight excluding hydrogens is 391 g/mol. The molecule has 1 aromatic heterocycles. The number of thiophene rings is 1. The smallest absolute Gasteiger partial charge is 0.265 e. The molecule has 27 heavy (non-hydrogen) atoms. The lowest BCUT2D eigenvalue weighted by molar-refractivity contribution is -0.118. The molecule has 0 aliphatic heterocycles. The third kappa shape index (κ3) is 5.29. The van der Waals surface area contributed by atoms with E-state index >= 15 is 0 Å². The van der Waals surface area contributed by atoms with Gasteiger partial charge in [0.05, 0.1) is 9.90 Å². The van der Waals surface area contributed by atoms with E-state index in [4.69, 9.17) is 16.3 Å². The van der Waals surface area contributed by atoms with Crippen LogP contribution in [0.3, 0.4) is 0 Å². The average Bonchev–Trinajstić information content (AvgIpc) is 3.16. The molecule has 138 valence electrons. The molecule has 3 aromatic rings. The average molecular weight is 405 g/mol. The summed E-state index contributed by atoms with van der Waals surface area (Å²) < 4.78 is 18.3. The van der Waals surface area contributed by atoms with Gasteiger partial charge in [0, 0.05) is 11.4 Å². The molecule has 5 nitrogen and oxygen atoms in total. The maximum absolute atomic E-state index is 13.0. The summed E-state index contributed by atoms with van der Waals surface area (Å²) >= 11 is 7.19. The van der Waals surface area contributed by atoms with Gasteiger partial charge >= 0.3 is 0 Å². The molecule has 0 bridgehead atoms. The van der Waals surface area contributed by atoms with E-state index in [0.29, 0.717) is 16.3 Å². The molecule has 0 radical (unpaired) electrons. The number of rotatable bonds is 6. The van der Waals surface area contributed by atoms with Crippen molar-refractivity contribution in [2.75, 3.05) is 17.2 Å². The Morgan fingerprint density at radius 3 is 2.52 bits per heavy atom. The Morgan fingerprint density at radius 2 is 1.81 bits per heavy atom. The zero-order chi connectivity index (χ0) is 19.2. The fourth-order valence-electron chi connectivity index (χ4n) is 2.21. The van der Waals surface area contributed by atoms with Crippen molar-refractivity contribution in [2.45, 2.75) is 0 Å². The minimum absolute atomic E-state index is 0.0843. The Morgan fingerprint density at radius 1 is 1.04 bits per heavy atom. The van der Waals surface area contributed by atoms with Crippen LogP contribution < -0.4 is 15.4 Å². The monoisotopic (exact) mass is 404 g/mol. The third-order valence-electron chi connectivity index (χ3n) is 3.40. The van der Waals surface area contributed by atoms with E-state index in [9.17, 15) is 14.0 Å². The maximum Gasteiger partial charge on any atom is 0.265 e. The first-order valence-electron chi connectivity index (χ1n) is 7.84. The number of benzene rings is 2. The van der Waals surface area contributed by atoms with Gasteiger partial charge in [-0.2, -0.15) is 0 Å². The molecular formula is C19H14ClFN2O3S. The van der Waals surface area contributed by atoms with Gasteiger partial charge in [-0.3, -0.25) is 9.59 Å². The maximum atomic E-state index is 13.0. The van der Waals surface area contributed by atoms with Gasteiger partial charge in [0.25, 0.3) is 11.8 Å².